The molecule has 2 aromatic carbocycles. The molecule has 2 N–H and O–H groups in total. The van der Waals surface area contributed by atoms with Gasteiger partial charge in [0, 0.05) is 16.6 Å². The number of benzene rings is 2. The quantitative estimate of drug-likeness (QED) is 0.527. The molecule has 3 aromatic rings. The fourth-order valence-electron chi connectivity index (χ4n) is 2.40. The van der Waals surface area contributed by atoms with Crippen LogP contribution in [-0.4, -0.2) is 11.6 Å². The molecule has 4 heteroatoms. The van der Waals surface area contributed by atoms with Crippen LogP contribution in [0.15, 0.2) is 54.7 Å². The lowest BCUT2D eigenvalue weighted by molar-refractivity contribution is 0.312. The van der Waals surface area contributed by atoms with Crippen molar-refractivity contribution in [1.29, 1.82) is 0 Å². The predicted molar refractivity (Wildman–Crippen MR) is 97.0 cm³/mol. The standard InChI is InChI=1S/C19H20N2OS/c1-14-13-21-19(23-14)16-9-10-18(17(20)12-16)22-11-5-8-15-6-3-2-4-7-15/h2-4,6-7,9-10,12-13H,5,8,11,20H2,1H3. The number of anilines is 1. The highest BCUT2D eigenvalue weighted by atomic mass is 32.1. The first-order chi connectivity index (χ1) is 11.2. The highest BCUT2D eigenvalue weighted by Gasteiger charge is 2.07. The van der Waals surface area contributed by atoms with Gasteiger partial charge in [-0.05, 0) is 43.5 Å². The van der Waals surface area contributed by atoms with Crippen LogP contribution in [0.1, 0.15) is 16.9 Å². The Bertz CT molecular complexity index is 768. The minimum Gasteiger partial charge on any atom is -0.491 e. The van der Waals surface area contributed by atoms with Gasteiger partial charge in [0.05, 0.1) is 12.3 Å². The summed E-state index contributed by atoms with van der Waals surface area (Å²) < 4.78 is 5.81. The van der Waals surface area contributed by atoms with Gasteiger partial charge in [0.15, 0.2) is 0 Å². The second kappa shape index (κ2) is 7.29. The molecule has 0 aliphatic heterocycles. The van der Waals surface area contributed by atoms with Crippen LogP contribution in [-0.2, 0) is 6.42 Å². The van der Waals surface area contributed by atoms with Gasteiger partial charge in [0.25, 0.3) is 0 Å². The lowest BCUT2D eigenvalue weighted by Crippen LogP contribution is -2.02. The number of nitrogen functional groups attached to an aromatic ring is 1. The third-order valence-electron chi connectivity index (χ3n) is 3.59. The van der Waals surface area contributed by atoms with Gasteiger partial charge >= 0.3 is 0 Å². The van der Waals surface area contributed by atoms with Crippen LogP contribution in [0, 0.1) is 6.92 Å². The van der Waals surface area contributed by atoms with Crippen molar-refractivity contribution in [3.63, 3.8) is 0 Å². The third kappa shape index (κ3) is 4.11. The molecule has 1 heterocycles. The van der Waals surface area contributed by atoms with Crippen molar-refractivity contribution in [1.82, 2.24) is 4.98 Å². The molecule has 0 spiro atoms. The van der Waals surface area contributed by atoms with Gasteiger partial charge in [-0.15, -0.1) is 11.3 Å². The van der Waals surface area contributed by atoms with Crippen molar-refractivity contribution in [3.8, 4) is 16.3 Å². The number of aryl methyl sites for hydroxylation is 2. The van der Waals surface area contributed by atoms with Gasteiger partial charge in [-0.3, -0.25) is 0 Å². The maximum atomic E-state index is 6.11. The molecule has 0 amide bonds. The Labute approximate surface area is 140 Å². The van der Waals surface area contributed by atoms with E-state index in [0.717, 1.165) is 29.2 Å². The topological polar surface area (TPSA) is 48.1 Å². The summed E-state index contributed by atoms with van der Waals surface area (Å²) in [6.45, 7) is 2.71. The fraction of sp³-hybridized carbons (Fsp3) is 0.211. The van der Waals surface area contributed by atoms with Crippen molar-refractivity contribution in [2.45, 2.75) is 19.8 Å². The molecule has 0 radical (unpaired) electrons. The fourth-order valence-corrected chi connectivity index (χ4v) is 3.16. The van der Waals surface area contributed by atoms with Crippen LogP contribution < -0.4 is 10.5 Å². The number of ether oxygens (including phenoxy) is 1. The second-order valence-corrected chi connectivity index (χ2v) is 6.70. The Morgan fingerprint density at radius 2 is 1.96 bits per heavy atom. The zero-order valence-electron chi connectivity index (χ0n) is 13.2. The Morgan fingerprint density at radius 1 is 1.13 bits per heavy atom. The Balaban J connectivity index is 1.56. The molecule has 0 unspecified atom stereocenters. The van der Waals surface area contributed by atoms with Crippen molar-refractivity contribution < 1.29 is 4.74 Å². The first-order valence-electron chi connectivity index (χ1n) is 7.71. The highest BCUT2D eigenvalue weighted by molar-refractivity contribution is 7.14. The van der Waals surface area contributed by atoms with E-state index in [0.29, 0.717) is 12.3 Å². The van der Waals surface area contributed by atoms with E-state index >= 15 is 0 Å². The summed E-state index contributed by atoms with van der Waals surface area (Å²) in [5.41, 5.74) is 9.14. The summed E-state index contributed by atoms with van der Waals surface area (Å²) in [4.78, 5) is 5.58. The average molecular weight is 324 g/mol. The van der Waals surface area contributed by atoms with Gasteiger partial charge in [-0.1, -0.05) is 30.3 Å². The Morgan fingerprint density at radius 3 is 2.65 bits per heavy atom. The van der Waals surface area contributed by atoms with Gasteiger partial charge in [0.1, 0.15) is 10.8 Å². The van der Waals surface area contributed by atoms with Gasteiger partial charge in [-0.25, -0.2) is 4.98 Å². The molecule has 23 heavy (non-hydrogen) atoms. The molecule has 0 fully saturated rings. The average Bonchev–Trinajstić information content (AvgIpc) is 3.00. The molecule has 1 aromatic heterocycles. The molecule has 0 aliphatic rings. The number of aromatic nitrogens is 1. The largest absolute Gasteiger partial charge is 0.491 e. The molecular formula is C19H20N2OS. The van der Waals surface area contributed by atoms with Gasteiger partial charge in [0.2, 0.25) is 0 Å². The monoisotopic (exact) mass is 324 g/mol. The summed E-state index contributed by atoms with van der Waals surface area (Å²) in [5, 5.41) is 0.991. The van der Waals surface area contributed by atoms with E-state index in [9.17, 15) is 0 Å². The summed E-state index contributed by atoms with van der Waals surface area (Å²) in [7, 11) is 0. The second-order valence-electron chi connectivity index (χ2n) is 5.47. The van der Waals surface area contributed by atoms with E-state index < -0.39 is 0 Å². The predicted octanol–water partition coefficient (Wildman–Crippen LogP) is 4.71. The lowest BCUT2D eigenvalue weighted by atomic mass is 10.1. The molecule has 3 rings (SSSR count). The van der Waals surface area contributed by atoms with Crippen molar-refractivity contribution in [2.75, 3.05) is 12.3 Å². The maximum absolute atomic E-state index is 6.11. The maximum Gasteiger partial charge on any atom is 0.142 e. The molecular weight excluding hydrogens is 304 g/mol. The van der Waals surface area contributed by atoms with Crippen LogP contribution in [0.2, 0.25) is 0 Å². The lowest BCUT2D eigenvalue weighted by Gasteiger charge is -2.10. The first kappa shape index (κ1) is 15.6. The minimum atomic E-state index is 0.662. The van der Waals surface area contributed by atoms with Crippen LogP contribution in [0.25, 0.3) is 10.6 Å². The first-order valence-corrected chi connectivity index (χ1v) is 8.53. The molecule has 0 atom stereocenters. The number of nitrogens with zero attached hydrogens (tertiary/aromatic N) is 1. The van der Waals surface area contributed by atoms with E-state index in [1.807, 2.05) is 30.5 Å². The summed E-state index contributed by atoms with van der Waals surface area (Å²) in [6, 6.07) is 16.3. The third-order valence-corrected chi connectivity index (χ3v) is 4.55. The highest BCUT2D eigenvalue weighted by Crippen LogP contribution is 2.30. The molecule has 0 saturated carbocycles. The molecule has 0 saturated heterocycles. The van der Waals surface area contributed by atoms with E-state index in [1.54, 1.807) is 11.3 Å². The van der Waals surface area contributed by atoms with Crippen LogP contribution in [0.5, 0.6) is 5.75 Å². The number of hydrogen-bond acceptors (Lipinski definition) is 4. The van der Waals surface area contributed by atoms with E-state index in [1.165, 1.54) is 10.4 Å². The van der Waals surface area contributed by atoms with Crippen molar-refractivity contribution >= 4 is 17.0 Å². The van der Waals surface area contributed by atoms with Crippen LogP contribution in [0.3, 0.4) is 0 Å². The Kier molecular flexibility index (Phi) is 4.93. The summed E-state index contributed by atoms with van der Waals surface area (Å²) >= 11 is 1.67. The normalized spacial score (nSPS) is 10.7. The van der Waals surface area contributed by atoms with Crippen molar-refractivity contribution in [2.24, 2.45) is 0 Å². The number of rotatable bonds is 6. The summed E-state index contributed by atoms with van der Waals surface area (Å²) in [6.07, 6.45) is 3.86. The molecule has 0 bridgehead atoms. The number of thiazole rings is 1. The number of nitrogens with two attached hydrogens (primary N) is 1. The summed E-state index contributed by atoms with van der Waals surface area (Å²) in [5.74, 6) is 0.745. The van der Waals surface area contributed by atoms with Crippen LogP contribution >= 0.6 is 11.3 Å². The minimum absolute atomic E-state index is 0.662. The van der Waals surface area contributed by atoms with E-state index in [4.69, 9.17) is 10.5 Å². The van der Waals surface area contributed by atoms with Gasteiger partial charge < -0.3 is 10.5 Å². The Hall–Kier alpha value is -2.33. The van der Waals surface area contributed by atoms with Gasteiger partial charge in [-0.2, -0.15) is 0 Å². The number of hydrogen-bond donors (Lipinski definition) is 1. The zero-order valence-corrected chi connectivity index (χ0v) is 14.0. The van der Waals surface area contributed by atoms with Crippen molar-refractivity contribution in [3.05, 3.63) is 65.2 Å². The van der Waals surface area contributed by atoms with E-state index in [-0.39, 0.29) is 0 Å². The molecule has 0 aliphatic carbocycles. The molecule has 3 nitrogen and oxygen atoms in total. The SMILES string of the molecule is Cc1cnc(-c2ccc(OCCCc3ccccc3)c(N)c2)s1. The van der Waals surface area contributed by atoms with E-state index in [2.05, 4.69) is 36.2 Å². The smallest absolute Gasteiger partial charge is 0.142 e. The molecule has 118 valence electrons. The zero-order chi connectivity index (χ0) is 16.1. The van der Waals surface area contributed by atoms with Crippen LogP contribution in [0.4, 0.5) is 5.69 Å².